The fraction of sp³-hybridized carbons (Fsp3) is 0.500. The number of rotatable bonds is 3. The summed E-state index contributed by atoms with van der Waals surface area (Å²) < 4.78 is 22.7. The van der Waals surface area contributed by atoms with Crippen molar-refractivity contribution < 1.29 is 13.2 Å². The van der Waals surface area contributed by atoms with E-state index >= 15 is 0 Å². The summed E-state index contributed by atoms with van der Waals surface area (Å²) in [6.07, 6.45) is 4.37. The number of halogens is 1. The van der Waals surface area contributed by atoms with Crippen molar-refractivity contribution in [3.05, 3.63) is 23.2 Å². The lowest BCUT2D eigenvalue weighted by Gasteiger charge is -2.21. The number of hydrogen-bond donors (Lipinski definition) is 2. The maximum atomic E-state index is 12.4. The zero-order chi connectivity index (χ0) is 15.2. The van der Waals surface area contributed by atoms with Gasteiger partial charge in [-0.3, -0.25) is 4.79 Å². The summed E-state index contributed by atoms with van der Waals surface area (Å²) in [6.45, 7) is 0. The third-order valence-corrected chi connectivity index (χ3v) is 5.84. The Morgan fingerprint density at radius 1 is 1.29 bits per heavy atom. The molecule has 21 heavy (non-hydrogen) atoms. The minimum atomic E-state index is -3.82. The van der Waals surface area contributed by atoms with Gasteiger partial charge in [0.1, 0.15) is 0 Å². The van der Waals surface area contributed by atoms with Crippen LogP contribution in [0, 0.1) is 17.8 Å². The van der Waals surface area contributed by atoms with Gasteiger partial charge in [-0.2, -0.15) is 0 Å². The van der Waals surface area contributed by atoms with Gasteiger partial charge in [0.15, 0.2) is 0 Å². The van der Waals surface area contributed by atoms with Crippen molar-refractivity contribution in [3.8, 4) is 0 Å². The minimum Gasteiger partial charge on any atom is -0.324 e. The van der Waals surface area contributed by atoms with Crippen LogP contribution in [0.15, 0.2) is 23.1 Å². The van der Waals surface area contributed by atoms with Crippen molar-refractivity contribution >= 4 is 33.2 Å². The Kier molecular flexibility index (Phi) is 3.71. The highest BCUT2D eigenvalue weighted by molar-refractivity contribution is 7.89. The lowest BCUT2D eigenvalue weighted by atomic mass is 9.88. The van der Waals surface area contributed by atoms with E-state index in [9.17, 15) is 13.2 Å². The van der Waals surface area contributed by atoms with Gasteiger partial charge >= 0.3 is 0 Å². The van der Waals surface area contributed by atoms with Crippen LogP contribution in [0.4, 0.5) is 5.69 Å². The summed E-state index contributed by atoms with van der Waals surface area (Å²) in [4.78, 5) is 12.3. The van der Waals surface area contributed by atoms with E-state index in [0.717, 1.165) is 19.3 Å². The summed E-state index contributed by atoms with van der Waals surface area (Å²) in [5.74, 6) is 1.06. The molecule has 0 aliphatic heterocycles. The number of carbonyl (C=O) groups excluding carboxylic acids is 1. The van der Waals surface area contributed by atoms with Crippen LogP contribution in [0.5, 0.6) is 0 Å². The molecule has 1 amide bonds. The van der Waals surface area contributed by atoms with E-state index in [4.69, 9.17) is 16.7 Å². The van der Waals surface area contributed by atoms with E-state index in [-0.39, 0.29) is 16.7 Å². The monoisotopic (exact) mass is 328 g/mol. The van der Waals surface area contributed by atoms with Gasteiger partial charge in [-0.1, -0.05) is 18.0 Å². The van der Waals surface area contributed by atoms with Gasteiger partial charge in [0, 0.05) is 5.92 Å². The Labute approximate surface area is 128 Å². The Morgan fingerprint density at radius 3 is 2.62 bits per heavy atom. The van der Waals surface area contributed by atoms with E-state index in [1.165, 1.54) is 24.6 Å². The summed E-state index contributed by atoms with van der Waals surface area (Å²) in [7, 11) is -3.82. The number of hydrogen-bond acceptors (Lipinski definition) is 3. The number of primary sulfonamides is 1. The van der Waals surface area contributed by atoms with E-state index in [1.54, 1.807) is 0 Å². The number of carbonyl (C=O) groups is 1. The van der Waals surface area contributed by atoms with Crippen molar-refractivity contribution in [2.24, 2.45) is 22.9 Å². The van der Waals surface area contributed by atoms with Crippen LogP contribution in [-0.2, 0) is 14.8 Å². The predicted octanol–water partition coefficient (Wildman–Crippen LogP) is 2.36. The molecule has 2 bridgehead atoms. The molecular formula is C14H17ClN2O3S. The molecule has 0 saturated heterocycles. The van der Waals surface area contributed by atoms with Crippen LogP contribution in [0.1, 0.15) is 25.7 Å². The van der Waals surface area contributed by atoms with Crippen molar-refractivity contribution in [1.29, 1.82) is 0 Å². The van der Waals surface area contributed by atoms with Crippen LogP contribution < -0.4 is 10.5 Å². The molecular weight excluding hydrogens is 312 g/mol. The molecule has 2 aliphatic carbocycles. The molecule has 3 N–H and O–H groups in total. The topological polar surface area (TPSA) is 89.3 Å². The molecule has 3 rings (SSSR count). The highest BCUT2D eigenvalue weighted by Crippen LogP contribution is 2.48. The molecule has 2 saturated carbocycles. The largest absolute Gasteiger partial charge is 0.324 e. The molecule has 0 aromatic heterocycles. The Bertz CT molecular complexity index is 689. The number of anilines is 1. The van der Waals surface area contributed by atoms with Crippen LogP contribution in [0.2, 0.25) is 5.02 Å². The molecule has 5 nitrogen and oxygen atoms in total. The number of fused-ring (bicyclic) bond motifs is 2. The van der Waals surface area contributed by atoms with Crippen molar-refractivity contribution in [1.82, 2.24) is 0 Å². The van der Waals surface area contributed by atoms with Gasteiger partial charge in [0.2, 0.25) is 15.9 Å². The Hall–Kier alpha value is -1.11. The first-order valence-corrected chi connectivity index (χ1v) is 8.90. The standard InChI is InChI=1S/C14H17ClN2O3S/c15-12-4-3-10(21(16,19)20)7-13(12)17-14(18)11-6-8-1-2-9(11)5-8/h3-4,7-9,11H,1-2,5-6H2,(H,17,18)(H2,16,19,20). The van der Waals surface area contributed by atoms with Gasteiger partial charge in [0.25, 0.3) is 0 Å². The first-order chi connectivity index (χ1) is 9.84. The summed E-state index contributed by atoms with van der Waals surface area (Å²) in [5.41, 5.74) is 0.302. The zero-order valence-electron chi connectivity index (χ0n) is 11.4. The number of sulfonamides is 1. The zero-order valence-corrected chi connectivity index (χ0v) is 13.0. The lowest BCUT2D eigenvalue weighted by Crippen LogP contribution is -2.27. The maximum Gasteiger partial charge on any atom is 0.238 e. The van der Waals surface area contributed by atoms with Gasteiger partial charge < -0.3 is 5.32 Å². The normalized spacial score (nSPS) is 27.8. The molecule has 114 valence electrons. The van der Waals surface area contributed by atoms with Crippen molar-refractivity contribution in [3.63, 3.8) is 0 Å². The maximum absolute atomic E-state index is 12.4. The Balaban J connectivity index is 1.80. The third-order valence-electron chi connectivity index (χ3n) is 4.60. The average Bonchev–Trinajstić information content (AvgIpc) is 3.02. The molecule has 2 aliphatic rings. The molecule has 0 radical (unpaired) electrons. The smallest absolute Gasteiger partial charge is 0.238 e. The van der Waals surface area contributed by atoms with Gasteiger partial charge in [-0.25, -0.2) is 13.6 Å². The molecule has 1 aromatic rings. The minimum absolute atomic E-state index is 0.0120. The molecule has 1 aromatic carbocycles. The second kappa shape index (κ2) is 5.26. The SMILES string of the molecule is NS(=O)(=O)c1ccc(Cl)c(NC(=O)C2CC3CCC2C3)c1. The second-order valence-electron chi connectivity index (χ2n) is 5.96. The number of nitrogens with two attached hydrogens (primary N) is 1. The molecule has 0 heterocycles. The van der Waals surface area contributed by atoms with E-state index in [1.807, 2.05) is 0 Å². The van der Waals surface area contributed by atoms with Gasteiger partial charge in [-0.15, -0.1) is 0 Å². The van der Waals surface area contributed by atoms with Crippen LogP contribution in [-0.4, -0.2) is 14.3 Å². The highest BCUT2D eigenvalue weighted by atomic mass is 35.5. The van der Waals surface area contributed by atoms with E-state index in [0.29, 0.717) is 22.5 Å². The third kappa shape index (κ3) is 2.93. The molecule has 3 unspecified atom stereocenters. The number of benzene rings is 1. The fourth-order valence-corrected chi connectivity index (χ4v) is 4.27. The molecule has 7 heteroatoms. The van der Waals surface area contributed by atoms with Crippen LogP contribution >= 0.6 is 11.6 Å². The van der Waals surface area contributed by atoms with Crippen molar-refractivity contribution in [2.75, 3.05) is 5.32 Å². The van der Waals surface area contributed by atoms with Crippen molar-refractivity contribution in [2.45, 2.75) is 30.6 Å². The van der Waals surface area contributed by atoms with E-state index in [2.05, 4.69) is 5.32 Å². The second-order valence-corrected chi connectivity index (χ2v) is 7.93. The predicted molar refractivity (Wildman–Crippen MR) is 80.4 cm³/mol. The fourth-order valence-electron chi connectivity index (χ4n) is 3.57. The van der Waals surface area contributed by atoms with Crippen LogP contribution in [0.25, 0.3) is 0 Å². The molecule has 2 fully saturated rings. The first-order valence-electron chi connectivity index (χ1n) is 6.98. The van der Waals surface area contributed by atoms with Crippen LogP contribution in [0.3, 0.4) is 0 Å². The molecule has 3 atom stereocenters. The van der Waals surface area contributed by atoms with Gasteiger partial charge in [-0.05, 0) is 49.3 Å². The quantitative estimate of drug-likeness (QED) is 0.892. The summed E-state index contributed by atoms with van der Waals surface area (Å²) in [5, 5.41) is 8.16. The highest BCUT2D eigenvalue weighted by Gasteiger charge is 2.43. The van der Waals surface area contributed by atoms with E-state index < -0.39 is 10.0 Å². The summed E-state index contributed by atoms with van der Waals surface area (Å²) in [6, 6.07) is 4.06. The number of amides is 1. The average molecular weight is 329 g/mol. The Morgan fingerprint density at radius 2 is 2.05 bits per heavy atom. The van der Waals surface area contributed by atoms with Gasteiger partial charge in [0.05, 0.1) is 15.6 Å². The first kappa shape index (κ1) is 14.8. The summed E-state index contributed by atoms with van der Waals surface area (Å²) >= 11 is 6.03. The molecule has 0 spiro atoms. The number of nitrogens with one attached hydrogen (secondary N) is 1. The lowest BCUT2D eigenvalue weighted by molar-refractivity contribution is -0.121.